The van der Waals surface area contributed by atoms with Gasteiger partial charge < -0.3 is 14.6 Å². The quantitative estimate of drug-likeness (QED) is 0.932. The number of benzene rings is 1. The van der Waals surface area contributed by atoms with Crippen molar-refractivity contribution in [2.45, 2.75) is 20.3 Å². The molecule has 0 radical (unpaired) electrons. The van der Waals surface area contributed by atoms with Crippen LogP contribution in [0.1, 0.15) is 18.1 Å². The van der Waals surface area contributed by atoms with Crippen LogP contribution in [-0.2, 0) is 11.2 Å². The number of halogens is 1. The molecule has 0 aromatic heterocycles. The van der Waals surface area contributed by atoms with Gasteiger partial charge in [0, 0.05) is 0 Å². The van der Waals surface area contributed by atoms with Gasteiger partial charge in [0.2, 0.25) is 6.79 Å². The fourth-order valence-corrected chi connectivity index (χ4v) is 2.41. The summed E-state index contributed by atoms with van der Waals surface area (Å²) in [7, 11) is 0. The number of carbonyl (C=O) groups is 1. The lowest BCUT2D eigenvalue weighted by Gasteiger charge is -2.12. The number of rotatable bonds is 3. The van der Waals surface area contributed by atoms with Crippen LogP contribution in [0.4, 0.5) is 0 Å². The molecule has 0 bridgehead atoms. The van der Waals surface area contributed by atoms with E-state index in [1.807, 2.05) is 13.0 Å². The summed E-state index contributed by atoms with van der Waals surface area (Å²) in [5, 5.41) is 8.93. The highest BCUT2D eigenvalue weighted by molar-refractivity contribution is 9.10. The topological polar surface area (TPSA) is 55.8 Å². The van der Waals surface area contributed by atoms with Crippen molar-refractivity contribution in [2.75, 3.05) is 6.79 Å². The molecule has 0 aliphatic carbocycles. The molecule has 0 amide bonds. The Bertz CT molecular complexity index is 470. The Morgan fingerprint density at radius 1 is 1.53 bits per heavy atom. The molecule has 17 heavy (non-hydrogen) atoms. The van der Waals surface area contributed by atoms with Crippen LogP contribution >= 0.6 is 15.9 Å². The van der Waals surface area contributed by atoms with Crippen molar-refractivity contribution in [2.24, 2.45) is 5.92 Å². The maximum absolute atomic E-state index is 10.9. The van der Waals surface area contributed by atoms with Crippen LogP contribution in [0.3, 0.4) is 0 Å². The van der Waals surface area contributed by atoms with Gasteiger partial charge >= 0.3 is 5.97 Å². The molecule has 2 rings (SSSR count). The molecule has 1 aliphatic heterocycles. The summed E-state index contributed by atoms with van der Waals surface area (Å²) in [4.78, 5) is 10.9. The van der Waals surface area contributed by atoms with Crippen LogP contribution in [0.25, 0.3) is 0 Å². The molecule has 1 aliphatic rings. The second-order valence-electron chi connectivity index (χ2n) is 4.15. The molecule has 1 N–H and O–H groups in total. The number of aliphatic carboxylic acids is 1. The minimum Gasteiger partial charge on any atom is -0.481 e. The molecule has 4 nitrogen and oxygen atoms in total. The first-order chi connectivity index (χ1) is 8.00. The number of carboxylic acid groups (broad SMARTS) is 1. The van der Waals surface area contributed by atoms with Crippen LogP contribution in [0, 0.1) is 12.8 Å². The molecule has 0 fully saturated rings. The van der Waals surface area contributed by atoms with E-state index in [0.29, 0.717) is 17.9 Å². The molecular formula is C12H13BrO4. The SMILES string of the molecule is Cc1c(CC(C)C(=O)O)cc(Br)c2c1OCO2. The summed E-state index contributed by atoms with van der Waals surface area (Å²) in [6, 6.07) is 1.91. The average molecular weight is 301 g/mol. The van der Waals surface area contributed by atoms with E-state index < -0.39 is 11.9 Å². The lowest BCUT2D eigenvalue weighted by molar-refractivity contribution is -0.141. The van der Waals surface area contributed by atoms with Crippen molar-refractivity contribution in [1.82, 2.24) is 0 Å². The predicted octanol–water partition coefficient (Wildman–Crippen LogP) is 2.75. The fourth-order valence-electron chi connectivity index (χ4n) is 1.84. The minimum atomic E-state index is -0.793. The van der Waals surface area contributed by atoms with E-state index in [1.54, 1.807) is 6.92 Å². The Morgan fingerprint density at radius 3 is 2.82 bits per heavy atom. The zero-order chi connectivity index (χ0) is 12.6. The summed E-state index contributed by atoms with van der Waals surface area (Å²) in [5.41, 5.74) is 1.92. The highest BCUT2D eigenvalue weighted by Crippen LogP contribution is 2.43. The van der Waals surface area contributed by atoms with E-state index in [4.69, 9.17) is 14.6 Å². The second kappa shape index (κ2) is 4.56. The summed E-state index contributed by atoms with van der Waals surface area (Å²) < 4.78 is 11.5. The summed E-state index contributed by atoms with van der Waals surface area (Å²) in [6.07, 6.45) is 0.483. The van der Waals surface area contributed by atoms with Crippen LogP contribution in [-0.4, -0.2) is 17.9 Å². The van der Waals surface area contributed by atoms with E-state index in [9.17, 15) is 4.79 Å². The van der Waals surface area contributed by atoms with Gasteiger partial charge in [-0.25, -0.2) is 0 Å². The average Bonchev–Trinajstić information content (AvgIpc) is 2.74. The normalized spacial score (nSPS) is 14.8. The van der Waals surface area contributed by atoms with Crippen molar-refractivity contribution in [3.8, 4) is 11.5 Å². The molecular weight excluding hydrogens is 288 g/mol. The van der Waals surface area contributed by atoms with Gasteiger partial charge in [-0.3, -0.25) is 4.79 Å². The Morgan fingerprint density at radius 2 is 2.18 bits per heavy atom. The second-order valence-corrected chi connectivity index (χ2v) is 5.01. The summed E-state index contributed by atoms with van der Waals surface area (Å²) in [5.74, 6) is 0.209. The summed E-state index contributed by atoms with van der Waals surface area (Å²) >= 11 is 3.41. The lowest BCUT2D eigenvalue weighted by atomic mass is 9.97. The Kier molecular flexibility index (Phi) is 3.28. The lowest BCUT2D eigenvalue weighted by Crippen LogP contribution is -2.13. The van der Waals surface area contributed by atoms with Gasteiger partial charge in [0.1, 0.15) is 0 Å². The number of ether oxygens (including phenoxy) is 2. The van der Waals surface area contributed by atoms with Gasteiger partial charge in [0.05, 0.1) is 10.4 Å². The molecule has 0 spiro atoms. The monoisotopic (exact) mass is 300 g/mol. The van der Waals surface area contributed by atoms with Gasteiger partial charge in [0.25, 0.3) is 0 Å². The molecule has 1 aromatic carbocycles. The maximum Gasteiger partial charge on any atom is 0.306 e. The van der Waals surface area contributed by atoms with Crippen molar-refractivity contribution >= 4 is 21.9 Å². The Labute approximate surface area is 108 Å². The highest BCUT2D eigenvalue weighted by Gasteiger charge is 2.23. The standard InChI is InChI=1S/C12H13BrO4/c1-6(12(14)15)3-8-4-9(13)11-10(7(8)2)16-5-17-11/h4,6H,3,5H2,1-2H3,(H,14,15). The van der Waals surface area contributed by atoms with Gasteiger partial charge in [-0.1, -0.05) is 6.92 Å². The molecule has 1 aromatic rings. The van der Waals surface area contributed by atoms with Gasteiger partial charge in [-0.05, 0) is 46.5 Å². The molecule has 5 heteroatoms. The number of hydrogen-bond acceptors (Lipinski definition) is 3. The molecule has 1 unspecified atom stereocenters. The number of fused-ring (bicyclic) bond motifs is 1. The smallest absolute Gasteiger partial charge is 0.306 e. The molecule has 92 valence electrons. The summed E-state index contributed by atoms with van der Waals surface area (Å²) in [6.45, 7) is 3.83. The largest absolute Gasteiger partial charge is 0.481 e. The van der Waals surface area contributed by atoms with E-state index in [0.717, 1.165) is 15.6 Å². The maximum atomic E-state index is 10.9. The minimum absolute atomic E-state index is 0.215. The van der Waals surface area contributed by atoms with E-state index in [-0.39, 0.29) is 6.79 Å². The molecule has 1 atom stereocenters. The zero-order valence-electron chi connectivity index (χ0n) is 9.62. The van der Waals surface area contributed by atoms with Crippen molar-refractivity contribution in [3.63, 3.8) is 0 Å². The highest BCUT2D eigenvalue weighted by atomic mass is 79.9. The fraction of sp³-hybridized carbons (Fsp3) is 0.417. The first kappa shape index (κ1) is 12.2. The third-order valence-electron chi connectivity index (χ3n) is 2.90. The van der Waals surface area contributed by atoms with Crippen LogP contribution in [0.15, 0.2) is 10.5 Å². The van der Waals surface area contributed by atoms with Crippen LogP contribution < -0.4 is 9.47 Å². The van der Waals surface area contributed by atoms with E-state index >= 15 is 0 Å². The first-order valence-corrected chi connectivity index (χ1v) is 6.10. The molecule has 0 saturated carbocycles. The third kappa shape index (κ3) is 2.24. The van der Waals surface area contributed by atoms with E-state index in [1.165, 1.54) is 0 Å². The number of carboxylic acids is 1. The Balaban J connectivity index is 2.36. The van der Waals surface area contributed by atoms with Crippen LogP contribution in [0.2, 0.25) is 0 Å². The van der Waals surface area contributed by atoms with Crippen LogP contribution in [0.5, 0.6) is 11.5 Å². The van der Waals surface area contributed by atoms with Gasteiger partial charge in [-0.2, -0.15) is 0 Å². The molecule has 1 heterocycles. The van der Waals surface area contributed by atoms with E-state index in [2.05, 4.69) is 15.9 Å². The van der Waals surface area contributed by atoms with Gasteiger partial charge in [-0.15, -0.1) is 0 Å². The zero-order valence-corrected chi connectivity index (χ0v) is 11.2. The van der Waals surface area contributed by atoms with Gasteiger partial charge in [0.15, 0.2) is 11.5 Å². The predicted molar refractivity (Wildman–Crippen MR) is 65.5 cm³/mol. The Hall–Kier alpha value is -1.23. The third-order valence-corrected chi connectivity index (χ3v) is 3.49. The van der Waals surface area contributed by atoms with Crippen molar-refractivity contribution in [3.05, 3.63) is 21.7 Å². The number of hydrogen-bond donors (Lipinski definition) is 1. The van der Waals surface area contributed by atoms with Crippen molar-refractivity contribution < 1.29 is 19.4 Å². The first-order valence-electron chi connectivity index (χ1n) is 5.31. The molecule has 0 saturated heterocycles. The van der Waals surface area contributed by atoms with Crippen molar-refractivity contribution in [1.29, 1.82) is 0 Å².